The summed E-state index contributed by atoms with van der Waals surface area (Å²) in [4.78, 5) is 48.2. The van der Waals surface area contributed by atoms with Crippen LogP contribution in [0.2, 0.25) is 0 Å². The highest BCUT2D eigenvalue weighted by molar-refractivity contribution is 7.98. The summed E-state index contributed by atoms with van der Waals surface area (Å²) in [6.45, 7) is 3.10. The summed E-state index contributed by atoms with van der Waals surface area (Å²) in [5, 5.41) is 26.3. The van der Waals surface area contributed by atoms with Gasteiger partial charge in [-0.2, -0.15) is 11.8 Å². The molecule has 5 unspecified atom stereocenters. The third kappa shape index (κ3) is 10.8. The van der Waals surface area contributed by atoms with Gasteiger partial charge in [0.2, 0.25) is 17.7 Å². The first-order valence-electron chi connectivity index (χ1n) is 9.81. The zero-order chi connectivity index (χ0) is 23.3. The molecule has 0 heterocycles. The van der Waals surface area contributed by atoms with Gasteiger partial charge in [0.25, 0.3) is 0 Å². The standard InChI is InChI=1S/C18H35N5O6S/c1-10(21-16(26)12(20)7-9-30-3)15(25)23-14(11(2)24)17(27)22-13(18(28)29)6-4-5-8-19/h10-14,24H,4-9,19-20H2,1-3H3,(H,21,26)(H,22,27)(H,23,25)(H,28,29). The summed E-state index contributed by atoms with van der Waals surface area (Å²) in [5.74, 6) is -2.59. The predicted octanol–water partition coefficient (Wildman–Crippen LogP) is -1.86. The number of rotatable bonds is 15. The monoisotopic (exact) mass is 449 g/mol. The number of thioether (sulfide) groups is 1. The number of aliphatic hydroxyl groups excluding tert-OH is 1. The molecule has 0 saturated heterocycles. The average molecular weight is 450 g/mol. The number of aliphatic carboxylic acids is 1. The number of nitrogens with two attached hydrogens (primary N) is 2. The van der Waals surface area contributed by atoms with Gasteiger partial charge in [0.05, 0.1) is 12.1 Å². The van der Waals surface area contributed by atoms with Crippen molar-refractivity contribution in [2.45, 2.75) is 69.8 Å². The van der Waals surface area contributed by atoms with Crippen molar-refractivity contribution >= 4 is 35.5 Å². The van der Waals surface area contributed by atoms with Gasteiger partial charge >= 0.3 is 5.97 Å². The molecule has 0 saturated carbocycles. The van der Waals surface area contributed by atoms with Crippen LogP contribution in [0.4, 0.5) is 0 Å². The molecule has 0 rings (SSSR count). The SMILES string of the molecule is CSCCC(N)C(=O)NC(C)C(=O)NC(C(=O)NC(CCCCN)C(=O)O)C(C)O. The van der Waals surface area contributed by atoms with Gasteiger partial charge in [-0.05, 0) is 58.1 Å². The fourth-order valence-electron chi connectivity index (χ4n) is 2.46. The maximum Gasteiger partial charge on any atom is 0.326 e. The van der Waals surface area contributed by atoms with Gasteiger partial charge in [0.1, 0.15) is 18.1 Å². The Labute approximate surface area is 181 Å². The highest BCUT2D eigenvalue weighted by Crippen LogP contribution is 2.04. The smallest absolute Gasteiger partial charge is 0.326 e. The lowest BCUT2D eigenvalue weighted by atomic mass is 10.1. The van der Waals surface area contributed by atoms with Gasteiger partial charge in [-0.15, -0.1) is 0 Å². The molecule has 30 heavy (non-hydrogen) atoms. The molecule has 174 valence electrons. The second-order valence-corrected chi connectivity index (χ2v) is 8.01. The molecule has 0 bridgehead atoms. The topological polar surface area (TPSA) is 197 Å². The lowest BCUT2D eigenvalue weighted by Crippen LogP contribution is -2.59. The molecule has 12 heteroatoms. The van der Waals surface area contributed by atoms with Crippen LogP contribution in [0.5, 0.6) is 0 Å². The molecular formula is C18H35N5O6S. The number of carboxylic acids is 1. The van der Waals surface area contributed by atoms with Crippen LogP contribution < -0.4 is 27.4 Å². The van der Waals surface area contributed by atoms with E-state index < -0.39 is 54.0 Å². The van der Waals surface area contributed by atoms with Gasteiger partial charge in [-0.3, -0.25) is 14.4 Å². The van der Waals surface area contributed by atoms with Gasteiger partial charge < -0.3 is 37.6 Å². The lowest BCUT2D eigenvalue weighted by Gasteiger charge is -2.25. The molecule has 9 N–H and O–H groups in total. The lowest BCUT2D eigenvalue weighted by molar-refractivity contribution is -0.143. The fraction of sp³-hybridized carbons (Fsp3) is 0.778. The number of aliphatic hydroxyl groups is 1. The van der Waals surface area contributed by atoms with E-state index in [2.05, 4.69) is 16.0 Å². The molecule has 0 aromatic rings. The first-order valence-corrected chi connectivity index (χ1v) is 11.2. The molecule has 0 aliphatic rings. The van der Waals surface area contributed by atoms with Crippen molar-refractivity contribution in [3.8, 4) is 0 Å². The molecule has 3 amide bonds. The van der Waals surface area contributed by atoms with E-state index in [1.807, 2.05) is 6.26 Å². The van der Waals surface area contributed by atoms with Crippen LogP contribution in [0.1, 0.15) is 39.5 Å². The Morgan fingerprint density at radius 1 is 0.967 bits per heavy atom. The number of amides is 3. The number of hydrogen-bond acceptors (Lipinski definition) is 8. The normalized spacial score (nSPS) is 15.9. The highest BCUT2D eigenvalue weighted by Gasteiger charge is 2.31. The minimum Gasteiger partial charge on any atom is -0.480 e. The van der Waals surface area contributed by atoms with Gasteiger partial charge in [0, 0.05) is 0 Å². The van der Waals surface area contributed by atoms with Crippen LogP contribution in [0.15, 0.2) is 0 Å². The molecule has 0 aliphatic carbocycles. The van der Waals surface area contributed by atoms with E-state index in [4.69, 9.17) is 11.5 Å². The summed E-state index contributed by atoms with van der Waals surface area (Å²) in [7, 11) is 0. The first kappa shape index (κ1) is 28.1. The second kappa shape index (κ2) is 15.0. The van der Waals surface area contributed by atoms with Crippen LogP contribution in [-0.2, 0) is 19.2 Å². The van der Waals surface area contributed by atoms with Crippen molar-refractivity contribution in [2.24, 2.45) is 11.5 Å². The molecule has 0 aromatic carbocycles. The number of unbranched alkanes of at least 4 members (excludes halogenated alkanes) is 1. The predicted molar refractivity (Wildman–Crippen MR) is 115 cm³/mol. The zero-order valence-electron chi connectivity index (χ0n) is 17.7. The summed E-state index contributed by atoms with van der Waals surface area (Å²) >= 11 is 1.54. The third-order valence-electron chi connectivity index (χ3n) is 4.35. The van der Waals surface area contributed by atoms with E-state index in [9.17, 15) is 29.4 Å². The van der Waals surface area contributed by atoms with Crippen LogP contribution in [0.3, 0.4) is 0 Å². The van der Waals surface area contributed by atoms with Crippen molar-refractivity contribution in [3.05, 3.63) is 0 Å². The molecular weight excluding hydrogens is 414 g/mol. The molecule has 0 fully saturated rings. The minimum absolute atomic E-state index is 0.166. The second-order valence-electron chi connectivity index (χ2n) is 7.03. The zero-order valence-corrected chi connectivity index (χ0v) is 18.5. The van der Waals surface area contributed by atoms with Crippen LogP contribution in [-0.4, -0.2) is 82.7 Å². The van der Waals surface area contributed by atoms with E-state index in [-0.39, 0.29) is 6.42 Å². The van der Waals surface area contributed by atoms with Gasteiger partial charge in [0.15, 0.2) is 0 Å². The van der Waals surface area contributed by atoms with E-state index in [0.29, 0.717) is 31.6 Å². The van der Waals surface area contributed by atoms with Crippen molar-refractivity contribution in [2.75, 3.05) is 18.6 Å². The minimum atomic E-state index is -1.39. The number of carboxylic acid groups (broad SMARTS) is 1. The fourth-order valence-corrected chi connectivity index (χ4v) is 2.95. The maximum atomic E-state index is 12.5. The van der Waals surface area contributed by atoms with Crippen molar-refractivity contribution in [1.29, 1.82) is 0 Å². The van der Waals surface area contributed by atoms with E-state index in [0.717, 1.165) is 0 Å². The highest BCUT2D eigenvalue weighted by atomic mass is 32.2. The van der Waals surface area contributed by atoms with Gasteiger partial charge in [-0.1, -0.05) is 0 Å². The van der Waals surface area contributed by atoms with Crippen LogP contribution in [0, 0.1) is 0 Å². The van der Waals surface area contributed by atoms with E-state index in [1.54, 1.807) is 11.8 Å². The molecule has 0 radical (unpaired) electrons. The summed E-state index contributed by atoms with van der Waals surface area (Å²) in [6, 6.07) is -4.34. The Morgan fingerprint density at radius 2 is 1.60 bits per heavy atom. The summed E-state index contributed by atoms with van der Waals surface area (Å²) in [6.07, 6.45) is 2.31. The van der Waals surface area contributed by atoms with E-state index in [1.165, 1.54) is 13.8 Å². The van der Waals surface area contributed by atoms with Crippen molar-refractivity contribution < 1.29 is 29.4 Å². The van der Waals surface area contributed by atoms with Crippen molar-refractivity contribution in [3.63, 3.8) is 0 Å². The Kier molecular flexibility index (Phi) is 14.0. The largest absolute Gasteiger partial charge is 0.480 e. The molecule has 0 aromatic heterocycles. The summed E-state index contributed by atoms with van der Waals surface area (Å²) in [5.41, 5.74) is 11.1. The average Bonchev–Trinajstić information content (AvgIpc) is 2.68. The maximum absolute atomic E-state index is 12.5. The summed E-state index contributed by atoms with van der Waals surface area (Å²) < 4.78 is 0. The number of carbonyl (C=O) groups excluding carboxylic acids is 3. The Morgan fingerprint density at radius 3 is 2.10 bits per heavy atom. The van der Waals surface area contributed by atoms with Crippen LogP contribution in [0.25, 0.3) is 0 Å². The Bertz CT molecular complexity index is 577. The Balaban J connectivity index is 4.91. The third-order valence-corrected chi connectivity index (χ3v) is 4.99. The van der Waals surface area contributed by atoms with Crippen LogP contribution >= 0.6 is 11.8 Å². The molecule has 0 spiro atoms. The number of nitrogens with one attached hydrogen (secondary N) is 3. The molecule has 11 nitrogen and oxygen atoms in total. The van der Waals surface area contributed by atoms with E-state index >= 15 is 0 Å². The quantitative estimate of drug-likeness (QED) is 0.140. The Hall–Kier alpha value is -1.89. The van der Waals surface area contributed by atoms with Crippen molar-refractivity contribution in [1.82, 2.24) is 16.0 Å². The van der Waals surface area contributed by atoms with Gasteiger partial charge in [-0.25, -0.2) is 4.79 Å². The molecule has 0 aliphatic heterocycles. The number of hydrogen-bond donors (Lipinski definition) is 7. The number of carbonyl (C=O) groups is 4. The first-order chi connectivity index (χ1) is 14.0. The molecule has 5 atom stereocenters.